The molecule has 5 nitrogen and oxygen atoms in total. The molecule has 3 aromatic rings. The zero-order valence-corrected chi connectivity index (χ0v) is 17.9. The number of ether oxygens (including phenoxy) is 3. The van der Waals surface area contributed by atoms with E-state index in [0.29, 0.717) is 11.5 Å². The molecular weight excluding hydrogens is 404 g/mol. The van der Waals surface area contributed by atoms with Gasteiger partial charge in [-0.05, 0) is 37.2 Å². The molecule has 2 aliphatic rings. The lowest BCUT2D eigenvalue weighted by molar-refractivity contribution is 0.171. The summed E-state index contributed by atoms with van der Waals surface area (Å²) in [5.74, 6) is 9.71. The van der Waals surface area contributed by atoms with E-state index in [2.05, 4.69) is 40.9 Å². The van der Waals surface area contributed by atoms with Crippen molar-refractivity contribution in [2.45, 2.75) is 16.8 Å². The number of thiazole rings is 1. The highest BCUT2D eigenvalue weighted by Crippen LogP contribution is 2.49. The first-order valence-electron chi connectivity index (χ1n) is 9.41. The average molecular weight is 425 g/mol. The van der Waals surface area contributed by atoms with Crippen LogP contribution in [0.1, 0.15) is 17.2 Å². The van der Waals surface area contributed by atoms with Gasteiger partial charge < -0.3 is 14.2 Å². The van der Waals surface area contributed by atoms with Crippen LogP contribution in [0.15, 0.2) is 34.7 Å². The molecule has 0 radical (unpaired) electrons. The van der Waals surface area contributed by atoms with Crippen LogP contribution in [0.4, 0.5) is 0 Å². The third kappa shape index (κ3) is 3.42. The summed E-state index contributed by atoms with van der Waals surface area (Å²) in [6.07, 6.45) is 0.942. The van der Waals surface area contributed by atoms with Crippen LogP contribution in [0.5, 0.6) is 17.2 Å². The quantitative estimate of drug-likeness (QED) is 0.460. The van der Waals surface area contributed by atoms with Gasteiger partial charge in [0.1, 0.15) is 6.04 Å². The monoisotopic (exact) mass is 424 g/mol. The minimum atomic E-state index is -0.0285. The van der Waals surface area contributed by atoms with Gasteiger partial charge >= 0.3 is 0 Å². The number of hydrogen-bond donors (Lipinski definition) is 0. The van der Waals surface area contributed by atoms with Crippen LogP contribution in [-0.4, -0.2) is 43.1 Å². The van der Waals surface area contributed by atoms with E-state index in [9.17, 15) is 0 Å². The van der Waals surface area contributed by atoms with Gasteiger partial charge in [-0.1, -0.05) is 35.7 Å². The van der Waals surface area contributed by atoms with Gasteiger partial charge in [-0.15, -0.1) is 11.3 Å². The van der Waals surface area contributed by atoms with Gasteiger partial charge in [0, 0.05) is 12.1 Å². The second-order valence-electron chi connectivity index (χ2n) is 6.91. The number of fused-ring (bicyclic) bond motifs is 3. The number of rotatable bonds is 3. The number of aromatic nitrogens is 1. The van der Waals surface area contributed by atoms with E-state index in [1.165, 1.54) is 10.3 Å². The summed E-state index contributed by atoms with van der Waals surface area (Å²) in [6.45, 7) is 1.18. The Hall–Kier alpha value is -2.40. The van der Waals surface area contributed by atoms with E-state index in [1.807, 2.05) is 18.2 Å². The maximum atomic E-state index is 5.73. The number of thioether (sulfide) groups is 1. The maximum absolute atomic E-state index is 5.73. The fourth-order valence-corrected chi connectivity index (χ4v) is 5.58. The fourth-order valence-electron chi connectivity index (χ4n) is 3.76. The van der Waals surface area contributed by atoms with E-state index in [-0.39, 0.29) is 12.8 Å². The first kappa shape index (κ1) is 18.6. The second-order valence-corrected chi connectivity index (χ2v) is 9.16. The Bertz CT molecular complexity index is 1100. The van der Waals surface area contributed by atoms with E-state index >= 15 is 0 Å². The molecule has 1 atom stereocenters. The van der Waals surface area contributed by atoms with Gasteiger partial charge in [-0.3, -0.25) is 4.90 Å². The SMILES string of the molecule is COc1c2c(cc3c1C(C#CCSc1nc4ccccc4s1)N(C)CC3)OCO2. The van der Waals surface area contributed by atoms with Gasteiger partial charge in [0.2, 0.25) is 12.5 Å². The first-order valence-corrected chi connectivity index (χ1v) is 11.2. The molecule has 3 heterocycles. The third-order valence-corrected chi connectivity index (χ3v) is 7.24. The molecule has 0 fully saturated rings. The van der Waals surface area contributed by atoms with Gasteiger partial charge in [-0.2, -0.15) is 0 Å². The summed E-state index contributed by atoms with van der Waals surface area (Å²) < 4.78 is 19.2. The highest BCUT2D eigenvalue weighted by atomic mass is 32.2. The van der Waals surface area contributed by atoms with Crippen molar-refractivity contribution in [1.82, 2.24) is 9.88 Å². The summed E-state index contributed by atoms with van der Waals surface area (Å²) in [6, 6.07) is 10.3. The summed E-state index contributed by atoms with van der Waals surface area (Å²) in [4.78, 5) is 6.93. The smallest absolute Gasteiger partial charge is 0.231 e. The Morgan fingerprint density at radius 3 is 3.10 bits per heavy atom. The number of benzene rings is 2. The number of methoxy groups -OCH3 is 1. The van der Waals surface area contributed by atoms with Crippen molar-refractivity contribution >= 4 is 33.3 Å². The molecule has 1 unspecified atom stereocenters. The summed E-state index contributed by atoms with van der Waals surface area (Å²) in [7, 11) is 3.78. The number of para-hydroxylation sites is 1. The zero-order chi connectivity index (χ0) is 19.8. The molecule has 2 aromatic carbocycles. The van der Waals surface area contributed by atoms with Crippen molar-refractivity contribution in [3.05, 3.63) is 41.5 Å². The van der Waals surface area contributed by atoms with E-state index in [4.69, 9.17) is 14.2 Å². The number of hydrogen-bond acceptors (Lipinski definition) is 7. The van der Waals surface area contributed by atoms with Crippen molar-refractivity contribution in [2.75, 3.05) is 33.2 Å². The van der Waals surface area contributed by atoms with E-state index in [0.717, 1.165) is 39.9 Å². The molecule has 29 heavy (non-hydrogen) atoms. The van der Waals surface area contributed by atoms with Crippen LogP contribution in [0, 0.1) is 11.8 Å². The van der Waals surface area contributed by atoms with Gasteiger partial charge in [0.15, 0.2) is 15.8 Å². The minimum absolute atomic E-state index is 0.0285. The topological polar surface area (TPSA) is 43.8 Å². The standard InChI is InChI=1S/C22H20N2O3S2/c1-24-10-9-14-12-17-20(27-13-26-17)21(25-2)19(14)16(24)7-5-11-28-22-23-15-6-3-4-8-18(15)29-22/h3-4,6,8,12,16H,9-11,13H2,1-2H3. The molecule has 0 spiro atoms. The lowest BCUT2D eigenvalue weighted by Crippen LogP contribution is -2.31. The summed E-state index contributed by atoms with van der Waals surface area (Å²) in [5, 5.41) is 0. The molecule has 0 saturated heterocycles. The van der Waals surface area contributed by atoms with Crippen molar-refractivity contribution in [1.29, 1.82) is 0 Å². The molecular formula is C22H20N2O3S2. The highest BCUT2D eigenvalue weighted by Gasteiger charge is 2.33. The number of likely N-dealkylation sites (N-methyl/N-ethyl adjacent to an activating group) is 1. The van der Waals surface area contributed by atoms with Crippen molar-refractivity contribution in [2.24, 2.45) is 0 Å². The minimum Gasteiger partial charge on any atom is -0.492 e. The van der Waals surface area contributed by atoms with Crippen molar-refractivity contribution in [3.63, 3.8) is 0 Å². The van der Waals surface area contributed by atoms with Crippen molar-refractivity contribution in [3.8, 4) is 29.1 Å². The van der Waals surface area contributed by atoms with E-state index in [1.54, 1.807) is 30.2 Å². The van der Waals surface area contributed by atoms with Crippen LogP contribution in [0.25, 0.3) is 10.2 Å². The Balaban J connectivity index is 1.39. The molecule has 1 aromatic heterocycles. The Kier molecular flexibility index (Phi) is 5.00. The summed E-state index contributed by atoms with van der Waals surface area (Å²) in [5.41, 5.74) is 3.38. The molecule has 0 aliphatic carbocycles. The van der Waals surface area contributed by atoms with Gasteiger partial charge in [0.25, 0.3) is 0 Å². The molecule has 5 rings (SSSR count). The van der Waals surface area contributed by atoms with Gasteiger partial charge in [-0.25, -0.2) is 4.98 Å². The molecule has 0 bridgehead atoms. The third-order valence-electron chi connectivity index (χ3n) is 5.18. The molecule has 148 valence electrons. The number of nitrogens with zero attached hydrogens (tertiary/aromatic N) is 2. The fraction of sp³-hybridized carbons (Fsp3) is 0.318. The molecule has 7 heteroatoms. The summed E-state index contributed by atoms with van der Waals surface area (Å²) >= 11 is 3.40. The van der Waals surface area contributed by atoms with Crippen molar-refractivity contribution < 1.29 is 14.2 Å². The molecule has 2 aliphatic heterocycles. The second kappa shape index (κ2) is 7.79. The van der Waals surface area contributed by atoms with E-state index < -0.39 is 0 Å². The Labute approximate surface area is 178 Å². The predicted octanol–water partition coefficient (Wildman–Crippen LogP) is 4.36. The normalized spacial score (nSPS) is 17.7. The van der Waals surface area contributed by atoms with Gasteiger partial charge in [0.05, 0.1) is 23.1 Å². The van der Waals surface area contributed by atoms with Crippen LogP contribution in [0.3, 0.4) is 0 Å². The van der Waals surface area contributed by atoms with Crippen LogP contribution in [0.2, 0.25) is 0 Å². The predicted molar refractivity (Wildman–Crippen MR) is 116 cm³/mol. The lowest BCUT2D eigenvalue weighted by Gasteiger charge is -2.32. The highest BCUT2D eigenvalue weighted by molar-refractivity contribution is 8.01. The molecule has 0 amide bonds. The Morgan fingerprint density at radius 1 is 1.34 bits per heavy atom. The molecule has 0 saturated carbocycles. The average Bonchev–Trinajstić information content (AvgIpc) is 3.37. The van der Waals surface area contributed by atoms with Crippen LogP contribution < -0.4 is 14.2 Å². The van der Waals surface area contributed by atoms with Crippen LogP contribution in [-0.2, 0) is 6.42 Å². The lowest BCUT2D eigenvalue weighted by atomic mass is 9.91. The first-order chi connectivity index (χ1) is 14.2. The maximum Gasteiger partial charge on any atom is 0.231 e. The largest absolute Gasteiger partial charge is 0.492 e. The zero-order valence-electron chi connectivity index (χ0n) is 16.2. The Morgan fingerprint density at radius 2 is 2.24 bits per heavy atom. The van der Waals surface area contributed by atoms with Crippen LogP contribution >= 0.6 is 23.1 Å². The molecule has 0 N–H and O–H groups in total.